The Kier molecular flexibility index (Phi) is 5.53. The van der Waals surface area contributed by atoms with Crippen molar-refractivity contribution >= 4 is 23.5 Å². The molecule has 0 saturated carbocycles. The van der Waals surface area contributed by atoms with Crippen LogP contribution >= 0.6 is 11.6 Å². The molecule has 0 spiro atoms. The predicted octanol–water partition coefficient (Wildman–Crippen LogP) is 2.10. The number of amides is 1. The van der Waals surface area contributed by atoms with Gasteiger partial charge in [0.15, 0.2) is 6.04 Å². The molecule has 0 heterocycles. The van der Waals surface area contributed by atoms with Crippen molar-refractivity contribution in [1.82, 2.24) is 5.32 Å². The first kappa shape index (κ1) is 16.5. The first-order valence-electron chi connectivity index (χ1n) is 6.36. The molecule has 1 aromatic carbocycles. The van der Waals surface area contributed by atoms with Crippen LogP contribution in [0.2, 0.25) is 5.02 Å². The van der Waals surface area contributed by atoms with Gasteiger partial charge in [0.2, 0.25) is 5.91 Å². The standard InChI is InChI=1S/C14H19ClN2O3/c1-3-8-14(2,16)13(20)17-11(12(18)19)9-6-4-5-7-10(9)15/h4-7,11H,3,8,16H2,1-2H3,(H,17,20)(H,18,19)/t11-,14?/m1/s1. The predicted molar refractivity (Wildman–Crippen MR) is 77.5 cm³/mol. The second-order valence-electron chi connectivity index (χ2n) is 4.93. The number of carboxylic acids is 1. The number of carboxylic acid groups (broad SMARTS) is 1. The molecule has 4 N–H and O–H groups in total. The Balaban J connectivity index is 2.98. The van der Waals surface area contributed by atoms with Gasteiger partial charge in [-0.3, -0.25) is 4.79 Å². The number of nitrogens with two attached hydrogens (primary N) is 1. The number of halogens is 1. The van der Waals surface area contributed by atoms with E-state index in [0.717, 1.165) is 6.42 Å². The lowest BCUT2D eigenvalue weighted by Crippen LogP contribution is -2.53. The number of rotatable bonds is 6. The van der Waals surface area contributed by atoms with Crippen LogP contribution in [-0.4, -0.2) is 22.5 Å². The molecule has 1 aromatic rings. The van der Waals surface area contributed by atoms with Crippen molar-refractivity contribution in [2.75, 3.05) is 0 Å². The van der Waals surface area contributed by atoms with Gasteiger partial charge >= 0.3 is 5.97 Å². The molecule has 0 bridgehead atoms. The second kappa shape index (κ2) is 6.72. The van der Waals surface area contributed by atoms with Crippen molar-refractivity contribution in [1.29, 1.82) is 0 Å². The van der Waals surface area contributed by atoms with Crippen LogP contribution in [0.3, 0.4) is 0 Å². The number of carbonyl (C=O) groups excluding carboxylic acids is 1. The maximum Gasteiger partial charge on any atom is 0.330 e. The highest BCUT2D eigenvalue weighted by atomic mass is 35.5. The third-order valence-corrected chi connectivity index (χ3v) is 3.37. The van der Waals surface area contributed by atoms with Crippen LogP contribution in [0.15, 0.2) is 24.3 Å². The van der Waals surface area contributed by atoms with Crippen LogP contribution in [0.5, 0.6) is 0 Å². The lowest BCUT2D eigenvalue weighted by atomic mass is 9.95. The number of aliphatic carboxylic acids is 1. The van der Waals surface area contributed by atoms with Gasteiger partial charge in [0.25, 0.3) is 0 Å². The highest BCUT2D eigenvalue weighted by Crippen LogP contribution is 2.23. The quantitative estimate of drug-likeness (QED) is 0.750. The van der Waals surface area contributed by atoms with Crippen LogP contribution in [0.4, 0.5) is 0 Å². The van der Waals surface area contributed by atoms with Crippen LogP contribution in [0.25, 0.3) is 0 Å². The molecule has 1 unspecified atom stereocenters. The molecule has 5 nitrogen and oxygen atoms in total. The molecule has 1 amide bonds. The van der Waals surface area contributed by atoms with E-state index in [1.54, 1.807) is 31.2 Å². The fraction of sp³-hybridized carbons (Fsp3) is 0.429. The Bertz CT molecular complexity index is 503. The molecule has 110 valence electrons. The second-order valence-corrected chi connectivity index (χ2v) is 5.34. The van der Waals surface area contributed by atoms with E-state index < -0.39 is 23.5 Å². The summed E-state index contributed by atoms with van der Waals surface area (Å²) in [6.07, 6.45) is 1.19. The zero-order valence-corrected chi connectivity index (χ0v) is 12.3. The highest BCUT2D eigenvalue weighted by Gasteiger charge is 2.32. The minimum atomic E-state index is -1.21. The van der Waals surface area contributed by atoms with E-state index in [-0.39, 0.29) is 5.02 Å². The van der Waals surface area contributed by atoms with Gasteiger partial charge in [-0.05, 0) is 19.4 Å². The summed E-state index contributed by atoms with van der Waals surface area (Å²) in [7, 11) is 0. The molecular weight excluding hydrogens is 280 g/mol. The SMILES string of the molecule is CCCC(C)(N)C(=O)N[C@@H](C(=O)O)c1ccccc1Cl. The van der Waals surface area contributed by atoms with Crippen molar-refractivity contribution in [3.63, 3.8) is 0 Å². The Labute approximate surface area is 123 Å². The molecule has 2 atom stereocenters. The number of hydrogen-bond donors (Lipinski definition) is 3. The molecular formula is C14H19ClN2O3. The third kappa shape index (κ3) is 3.95. The molecule has 0 aliphatic rings. The lowest BCUT2D eigenvalue weighted by molar-refractivity contribution is -0.142. The van der Waals surface area contributed by atoms with Crippen molar-refractivity contribution in [3.8, 4) is 0 Å². The Morgan fingerprint density at radius 3 is 2.55 bits per heavy atom. The normalized spacial score (nSPS) is 15.2. The average molecular weight is 299 g/mol. The number of carbonyl (C=O) groups is 2. The Morgan fingerprint density at radius 1 is 1.45 bits per heavy atom. The monoisotopic (exact) mass is 298 g/mol. The summed E-state index contributed by atoms with van der Waals surface area (Å²) in [5.41, 5.74) is 5.13. The minimum absolute atomic E-state index is 0.286. The molecule has 0 fully saturated rings. The lowest BCUT2D eigenvalue weighted by Gasteiger charge is -2.25. The van der Waals surface area contributed by atoms with Crippen LogP contribution in [-0.2, 0) is 9.59 Å². The van der Waals surface area contributed by atoms with E-state index in [2.05, 4.69) is 5.32 Å². The van der Waals surface area contributed by atoms with E-state index in [4.69, 9.17) is 17.3 Å². The van der Waals surface area contributed by atoms with Crippen LogP contribution in [0, 0.1) is 0 Å². The van der Waals surface area contributed by atoms with E-state index in [1.807, 2.05) is 6.92 Å². The summed E-state index contributed by atoms with van der Waals surface area (Å²) in [5.74, 6) is -1.69. The van der Waals surface area contributed by atoms with Gasteiger partial charge in [0, 0.05) is 10.6 Å². The van der Waals surface area contributed by atoms with Crippen molar-refractivity contribution in [3.05, 3.63) is 34.9 Å². The molecule has 0 aliphatic carbocycles. The first-order chi connectivity index (χ1) is 9.29. The number of hydrogen-bond acceptors (Lipinski definition) is 3. The first-order valence-corrected chi connectivity index (χ1v) is 6.74. The van der Waals surface area contributed by atoms with Gasteiger partial charge in [-0.15, -0.1) is 0 Å². The van der Waals surface area contributed by atoms with E-state index >= 15 is 0 Å². The van der Waals surface area contributed by atoms with Gasteiger partial charge in [0.1, 0.15) is 0 Å². The summed E-state index contributed by atoms with van der Waals surface area (Å²) in [6.45, 7) is 3.48. The topological polar surface area (TPSA) is 92.4 Å². The van der Waals surface area contributed by atoms with Crippen molar-refractivity contribution in [2.45, 2.75) is 38.3 Å². The number of benzene rings is 1. The maximum absolute atomic E-state index is 12.1. The summed E-state index contributed by atoms with van der Waals surface area (Å²) in [4.78, 5) is 23.5. The van der Waals surface area contributed by atoms with Gasteiger partial charge < -0.3 is 16.2 Å². The van der Waals surface area contributed by atoms with E-state index in [1.165, 1.54) is 0 Å². The summed E-state index contributed by atoms with van der Waals surface area (Å²) in [6, 6.07) is 5.28. The summed E-state index contributed by atoms with van der Waals surface area (Å²) in [5, 5.41) is 12.0. The Hall–Kier alpha value is -1.59. The maximum atomic E-state index is 12.1. The smallest absolute Gasteiger partial charge is 0.330 e. The molecule has 0 aromatic heterocycles. The Morgan fingerprint density at radius 2 is 2.05 bits per heavy atom. The third-order valence-electron chi connectivity index (χ3n) is 3.03. The van der Waals surface area contributed by atoms with Gasteiger partial charge in [-0.1, -0.05) is 43.1 Å². The summed E-state index contributed by atoms with van der Waals surface area (Å²) >= 11 is 5.98. The van der Waals surface area contributed by atoms with Crippen molar-refractivity contribution < 1.29 is 14.7 Å². The molecule has 1 rings (SSSR count). The van der Waals surface area contributed by atoms with E-state index in [0.29, 0.717) is 12.0 Å². The minimum Gasteiger partial charge on any atom is -0.479 e. The largest absolute Gasteiger partial charge is 0.479 e. The molecule has 0 aliphatic heterocycles. The highest BCUT2D eigenvalue weighted by molar-refractivity contribution is 6.31. The fourth-order valence-corrected chi connectivity index (χ4v) is 2.16. The fourth-order valence-electron chi connectivity index (χ4n) is 1.91. The number of nitrogens with one attached hydrogen (secondary N) is 1. The summed E-state index contributed by atoms with van der Waals surface area (Å²) < 4.78 is 0. The molecule has 6 heteroatoms. The zero-order valence-electron chi connectivity index (χ0n) is 11.5. The zero-order chi connectivity index (χ0) is 15.3. The average Bonchev–Trinajstić information content (AvgIpc) is 2.36. The van der Waals surface area contributed by atoms with Crippen LogP contribution < -0.4 is 11.1 Å². The molecule has 20 heavy (non-hydrogen) atoms. The molecule has 0 radical (unpaired) electrons. The van der Waals surface area contributed by atoms with Gasteiger partial charge in [0.05, 0.1) is 5.54 Å². The van der Waals surface area contributed by atoms with Gasteiger partial charge in [-0.2, -0.15) is 0 Å². The molecule has 0 saturated heterocycles. The van der Waals surface area contributed by atoms with Crippen molar-refractivity contribution in [2.24, 2.45) is 5.73 Å². The van der Waals surface area contributed by atoms with E-state index in [9.17, 15) is 14.7 Å². The van der Waals surface area contributed by atoms with Gasteiger partial charge in [-0.25, -0.2) is 4.79 Å². The van der Waals surface area contributed by atoms with Crippen LogP contribution in [0.1, 0.15) is 38.3 Å².